The molecule has 5 nitrogen and oxygen atoms in total. The fourth-order valence-electron chi connectivity index (χ4n) is 3.31. The lowest BCUT2D eigenvalue weighted by Gasteiger charge is -2.12. The highest BCUT2D eigenvalue weighted by molar-refractivity contribution is 6.32. The van der Waals surface area contributed by atoms with Crippen LogP contribution in [0.1, 0.15) is 32.0 Å². The molecule has 158 valence electrons. The summed E-state index contributed by atoms with van der Waals surface area (Å²) in [6.07, 6.45) is 3.86. The number of benzene rings is 2. The van der Waals surface area contributed by atoms with E-state index in [1.165, 1.54) is 0 Å². The van der Waals surface area contributed by atoms with Crippen LogP contribution in [0.2, 0.25) is 5.02 Å². The molecular weight excluding hydrogens is 398 g/mol. The number of nitrogens with zero attached hydrogens (tertiary/aromatic N) is 2. The minimum absolute atomic E-state index is 0.0738. The topological polar surface area (TPSA) is 56.2 Å². The van der Waals surface area contributed by atoms with Crippen LogP contribution < -0.4 is 10.1 Å². The molecule has 1 amide bonds. The number of para-hydroxylation sites is 3. The van der Waals surface area contributed by atoms with Gasteiger partial charge in [0.15, 0.2) is 0 Å². The molecule has 0 unspecified atom stereocenters. The second-order valence-electron chi connectivity index (χ2n) is 7.29. The Morgan fingerprint density at radius 1 is 1.13 bits per heavy atom. The van der Waals surface area contributed by atoms with Gasteiger partial charge < -0.3 is 14.6 Å². The van der Waals surface area contributed by atoms with E-state index in [9.17, 15) is 4.79 Å². The Morgan fingerprint density at radius 3 is 2.70 bits per heavy atom. The lowest BCUT2D eigenvalue weighted by atomic mass is 10.2. The molecule has 0 bridgehead atoms. The van der Waals surface area contributed by atoms with Gasteiger partial charge in [0.05, 0.1) is 22.6 Å². The van der Waals surface area contributed by atoms with E-state index in [4.69, 9.17) is 21.3 Å². The van der Waals surface area contributed by atoms with Gasteiger partial charge in [-0.25, -0.2) is 4.98 Å². The first-order valence-electron chi connectivity index (χ1n) is 10.3. The fraction of sp³-hybridized carbons (Fsp3) is 0.333. The number of hydrogen-bond donors (Lipinski definition) is 1. The van der Waals surface area contributed by atoms with Gasteiger partial charge in [-0.3, -0.25) is 4.79 Å². The van der Waals surface area contributed by atoms with Gasteiger partial charge in [0.25, 0.3) is 0 Å². The molecule has 0 aliphatic rings. The van der Waals surface area contributed by atoms with Crippen molar-refractivity contribution in [3.05, 3.63) is 71.5 Å². The molecule has 0 saturated carbocycles. The number of unbranched alkanes of at least 4 members (excludes halogenated alkanes) is 2. The average molecular weight is 426 g/mol. The number of hydrogen-bond acceptors (Lipinski definition) is 3. The summed E-state index contributed by atoms with van der Waals surface area (Å²) in [6, 6.07) is 15.7. The summed E-state index contributed by atoms with van der Waals surface area (Å²) >= 11 is 6.18. The first-order valence-corrected chi connectivity index (χ1v) is 10.7. The molecule has 0 atom stereocenters. The monoisotopic (exact) mass is 425 g/mol. The van der Waals surface area contributed by atoms with Gasteiger partial charge in [-0.05, 0) is 44.0 Å². The summed E-state index contributed by atoms with van der Waals surface area (Å²) in [5.74, 6) is 1.68. The Hall–Kier alpha value is -2.79. The van der Waals surface area contributed by atoms with Crippen molar-refractivity contribution < 1.29 is 9.53 Å². The normalized spacial score (nSPS) is 10.9. The lowest BCUT2D eigenvalue weighted by Crippen LogP contribution is -2.24. The number of carbonyl (C=O) groups excluding carboxylic acids is 1. The van der Waals surface area contributed by atoms with Gasteiger partial charge in [0, 0.05) is 18.5 Å². The summed E-state index contributed by atoms with van der Waals surface area (Å²) in [4.78, 5) is 16.3. The number of aromatic nitrogens is 2. The van der Waals surface area contributed by atoms with Crippen LogP contribution in [-0.4, -0.2) is 28.6 Å². The van der Waals surface area contributed by atoms with Crippen LogP contribution in [0.25, 0.3) is 11.0 Å². The van der Waals surface area contributed by atoms with Crippen molar-refractivity contribution in [1.29, 1.82) is 0 Å². The van der Waals surface area contributed by atoms with Crippen molar-refractivity contribution >= 4 is 28.5 Å². The molecule has 0 aliphatic heterocycles. The Kier molecular flexibility index (Phi) is 7.91. The molecule has 1 heterocycles. The fourth-order valence-corrected chi connectivity index (χ4v) is 3.50. The van der Waals surface area contributed by atoms with Crippen molar-refractivity contribution in [2.75, 3.05) is 13.2 Å². The number of fused-ring (bicyclic) bond motifs is 1. The van der Waals surface area contributed by atoms with Gasteiger partial charge in [0.2, 0.25) is 5.91 Å². The molecule has 1 N–H and O–H groups in total. The molecule has 30 heavy (non-hydrogen) atoms. The maximum atomic E-state index is 11.5. The van der Waals surface area contributed by atoms with E-state index < -0.39 is 0 Å². The summed E-state index contributed by atoms with van der Waals surface area (Å²) < 4.78 is 8.12. The van der Waals surface area contributed by atoms with Crippen molar-refractivity contribution in [2.24, 2.45) is 0 Å². The molecule has 0 aliphatic carbocycles. The second kappa shape index (κ2) is 10.8. The summed E-state index contributed by atoms with van der Waals surface area (Å²) in [5, 5.41) is 3.49. The van der Waals surface area contributed by atoms with Crippen LogP contribution in [0.15, 0.2) is 60.7 Å². The molecule has 2 aromatic carbocycles. The van der Waals surface area contributed by atoms with Crippen LogP contribution in [0.5, 0.6) is 5.75 Å². The zero-order valence-corrected chi connectivity index (χ0v) is 18.1. The van der Waals surface area contributed by atoms with Crippen LogP contribution in [-0.2, 0) is 17.8 Å². The van der Waals surface area contributed by atoms with Crippen LogP contribution >= 0.6 is 11.6 Å². The van der Waals surface area contributed by atoms with Gasteiger partial charge in [0.1, 0.15) is 18.2 Å². The minimum Gasteiger partial charge on any atom is -0.490 e. The maximum Gasteiger partial charge on any atom is 0.246 e. The molecule has 0 saturated heterocycles. The zero-order valence-electron chi connectivity index (χ0n) is 17.4. The third-order valence-corrected chi connectivity index (χ3v) is 5.21. The number of ether oxygens (including phenoxy) is 1. The molecule has 0 spiro atoms. The zero-order chi connectivity index (χ0) is 21.3. The van der Waals surface area contributed by atoms with E-state index in [0.717, 1.165) is 42.5 Å². The van der Waals surface area contributed by atoms with E-state index in [1.807, 2.05) is 42.5 Å². The van der Waals surface area contributed by atoms with E-state index >= 15 is 0 Å². The Balaban J connectivity index is 1.56. The predicted molar refractivity (Wildman–Crippen MR) is 122 cm³/mol. The standard InChI is InChI=1S/C24H28ClN3O2/c1-18(2)24(29)26-15-9-3-4-14-23-27-20-11-6-7-12-21(20)28(23)16-17-30-22-13-8-5-10-19(22)25/h5-8,10-13H,1,3-4,9,14-17H2,2H3,(H,26,29). The van der Waals surface area contributed by atoms with Crippen LogP contribution in [0.3, 0.4) is 0 Å². The number of amides is 1. The summed E-state index contributed by atoms with van der Waals surface area (Å²) in [7, 11) is 0. The quantitative estimate of drug-likeness (QED) is 0.340. The highest BCUT2D eigenvalue weighted by atomic mass is 35.5. The minimum atomic E-state index is -0.0738. The van der Waals surface area contributed by atoms with Gasteiger partial charge in [-0.15, -0.1) is 0 Å². The average Bonchev–Trinajstić information content (AvgIpc) is 3.09. The number of imidazole rings is 1. The molecule has 3 rings (SSSR count). The molecule has 1 aromatic heterocycles. The summed E-state index contributed by atoms with van der Waals surface area (Å²) in [5.41, 5.74) is 2.66. The third kappa shape index (κ3) is 5.86. The van der Waals surface area contributed by atoms with Crippen LogP contribution in [0.4, 0.5) is 0 Å². The number of carbonyl (C=O) groups is 1. The van der Waals surface area contributed by atoms with Gasteiger partial charge >= 0.3 is 0 Å². The largest absolute Gasteiger partial charge is 0.490 e. The Bertz CT molecular complexity index is 1010. The third-order valence-electron chi connectivity index (χ3n) is 4.89. The van der Waals surface area contributed by atoms with Crippen LogP contribution in [0, 0.1) is 0 Å². The van der Waals surface area contributed by atoms with E-state index in [2.05, 4.69) is 22.5 Å². The molecular formula is C24H28ClN3O2. The van der Waals surface area contributed by atoms with Gasteiger partial charge in [-0.2, -0.15) is 0 Å². The van der Waals surface area contributed by atoms with Crippen molar-refractivity contribution in [2.45, 2.75) is 39.2 Å². The highest BCUT2D eigenvalue weighted by Gasteiger charge is 2.11. The predicted octanol–water partition coefficient (Wildman–Crippen LogP) is 5.17. The molecule has 6 heteroatoms. The SMILES string of the molecule is C=C(C)C(=O)NCCCCCc1nc2ccccc2n1CCOc1ccccc1Cl. The van der Waals surface area contributed by atoms with E-state index in [0.29, 0.717) is 36.0 Å². The first kappa shape index (κ1) is 21.9. The van der Waals surface area contributed by atoms with Crippen molar-refractivity contribution in [3.63, 3.8) is 0 Å². The number of aryl methyl sites for hydroxylation is 1. The molecule has 0 radical (unpaired) electrons. The number of halogens is 1. The summed E-state index contributed by atoms with van der Waals surface area (Å²) in [6.45, 7) is 7.26. The highest BCUT2D eigenvalue weighted by Crippen LogP contribution is 2.23. The Labute approximate surface area is 182 Å². The molecule has 3 aromatic rings. The second-order valence-corrected chi connectivity index (χ2v) is 7.70. The smallest absolute Gasteiger partial charge is 0.246 e. The van der Waals surface area contributed by atoms with E-state index in [1.54, 1.807) is 6.92 Å². The number of rotatable bonds is 11. The Morgan fingerprint density at radius 2 is 1.90 bits per heavy atom. The maximum absolute atomic E-state index is 11.5. The molecule has 0 fully saturated rings. The van der Waals surface area contributed by atoms with Crippen molar-refractivity contribution in [1.82, 2.24) is 14.9 Å². The van der Waals surface area contributed by atoms with Crippen molar-refractivity contribution in [3.8, 4) is 5.75 Å². The number of nitrogens with one attached hydrogen (secondary N) is 1. The lowest BCUT2D eigenvalue weighted by molar-refractivity contribution is -0.117. The first-order chi connectivity index (χ1) is 14.6. The van der Waals surface area contributed by atoms with Gasteiger partial charge in [-0.1, -0.05) is 48.9 Å². The van der Waals surface area contributed by atoms with E-state index in [-0.39, 0.29) is 5.91 Å².